The predicted octanol–water partition coefficient (Wildman–Crippen LogP) is 1.78. The van der Waals surface area contributed by atoms with Crippen LogP contribution in [0, 0.1) is 13.8 Å². The average Bonchev–Trinajstić information content (AvgIpc) is 2.73. The van der Waals surface area contributed by atoms with Crippen molar-refractivity contribution in [2.45, 2.75) is 20.4 Å². The SMILES string of the molecule is Cc1cccc(Cn2ncc3c(=O)[nH]c(C)nc32)c1. The second-order valence-corrected chi connectivity index (χ2v) is 4.68. The molecule has 0 fully saturated rings. The van der Waals surface area contributed by atoms with E-state index in [1.165, 1.54) is 5.56 Å². The number of hydrogen-bond donors (Lipinski definition) is 1. The largest absolute Gasteiger partial charge is 0.310 e. The van der Waals surface area contributed by atoms with Crippen LogP contribution in [0.25, 0.3) is 11.0 Å². The Morgan fingerprint density at radius 1 is 1.32 bits per heavy atom. The Balaban J connectivity index is 2.09. The van der Waals surface area contributed by atoms with E-state index >= 15 is 0 Å². The number of H-pyrrole nitrogens is 1. The van der Waals surface area contributed by atoms with Crippen molar-refractivity contribution in [2.75, 3.05) is 0 Å². The van der Waals surface area contributed by atoms with Crippen molar-refractivity contribution in [1.82, 2.24) is 19.7 Å². The molecule has 1 aromatic carbocycles. The first kappa shape index (κ1) is 11.6. The number of hydrogen-bond acceptors (Lipinski definition) is 3. The maximum absolute atomic E-state index is 11.8. The molecule has 0 saturated carbocycles. The number of benzene rings is 1. The monoisotopic (exact) mass is 254 g/mol. The highest BCUT2D eigenvalue weighted by molar-refractivity contribution is 5.73. The molecule has 0 unspecified atom stereocenters. The molecule has 2 heterocycles. The van der Waals surface area contributed by atoms with Crippen molar-refractivity contribution in [3.8, 4) is 0 Å². The zero-order valence-electron chi connectivity index (χ0n) is 10.8. The molecule has 5 nitrogen and oxygen atoms in total. The maximum Gasteiger partial charge on any atom is 0.262 e. The van der Waals surface area contributed by atoms with Gasteiger partial charge in [-0.3, -0.25) is 4.79 Å². The third kappa shape index (κ3) is 2.14. The van der Waals surface area contributed by atoms with Gasteiger partial charge in [0, 0.05) is 0 Å². The highest BCUT2D eigenvalue weighted by atomic mass is 16.1. The lowest BCUT2D eigenvalue weighted by Gasteiger charge is -2.04. The Labute approximate surface area is 109 Å². The lowest BCUT2D eigenvalue weighted by atomic mass is 10.1. The molecule has 0 spiro atoms. The van der Waals surface area contributed by atoms with Crippen LogP contribution in [0.3, 0.4) is 0 Å². The van der Waals surface area contributed by atoms with Gasteiger partial charge >= 0.3 is 0 Å². The van der Waals surface area contributed by atoms with Gasteiger partial charge in [-0.2, -0.15) is 5.10 Å². The maximum atomic E-state index is 11.8. The molecule has 5 heteroatoms. The van der Waals surface area contributed by atoms with Crippen molar-refractivity contribution >= 4 is 11.0 Å². The molecule has 0 radical (unpaired) electrons. The quantitative estimate of drug-likeness (QED) is 0.758. The Kier molecular flexibility index (Phi) is 2.67. The second-order valence-electron chi connectivity index (χ2n) is 4.68. The van der Waals surface area contributed by atoms with Crippen LogP contribution in [-0.2, 0) is 6.54 Å². The van der Waals surface area contributed by atoms with Crippen LogP contribution in [0.4, 0.5) is 0 Å². The molecule has 2 aromatic heterocycles. The number of fused-ring (bicyclic) bond motifs is 1. The van der Waals surface area contributed by atoms with Crippen LogP contribution in [0.1, 0.15) is 17.0 Å². The molecule has 0 amide bonds. The highest BCUT2D eigenvalue weighted by Crippen LogP contribution is 2.10. The molecule has 96 valence electrons. The lowest BCUT2D eigenvalue weighted by Crippen LogP contribution is -2.11. The first-order chi connectivity index (χ1) is 9.13. The van der Waals surface area contributed by atoms with Gasteiger partial charge in [0.15, 0.2) is 5.65 Å². The summed E-state index contributed by atoms with van der Waals surface area (Å²) in [5, 5.41) is 4.78. The number of rotatable bonds is 2. The summed E-state index contributed by atoms with van der Waals surface area (Å²) in [5.74, 6) is 0.600. The van der Waals surface area contributed by atoms with E-state index in [2.05, 4.69) is 34.1 Å². The zero-order valence-corrected chi connectivity index (χ0v) is 10.8. The van der Waals surface area contributed by atoms with Gasteiger partial charge in [-0.25, -0.2) is 9.67 Å². The van der Waals surface area contributed by atoms with Gasteiger partial charge in [0.2, 0.25) is 0 Å². The minimum absolute atomic E-state index is 0.141. The van der Waals surface area contributed by atoms with E-state index in [-0.39, 0.29) is 5.56 Å². The van der Waals surface area contributed by atoms with E-state index in [1.54, 1.807) is 17.8 Å². The molecule has 0 bridgehead atoms. The van der Waals surface area contributed by atoms with Crippen LogP contribution in [0.15, 0.2) is 35.3 Å². The van der Waals surface area contributed by atoms with Gasteiger partial charge in [-0.05, 0) is 19.4 Å². The van der Waals surface area contributed by atoms with Gasteiger partial charge in [-0.1, -0.05) is 29.8 Å². The molecular formula is C14H14N4O. The second kappa shape index (κ2) is 4.35. The summed E-state index contributed by atoms with van der Waals surface area (Å²) in [6.45, 7) is 4.43. The smallest absolute Gasteiger partial charge is 0.262 e. The Bertz CT molecular complexity index is 801. The van der Waals surface area contributed by atoms with E-state index in [9.17, 15) is 4.79 Å². The highest BCUT2D eigenvalue weighted by Gasteiger charge is 2.08. The Morgan fingerprint density at radius 2 is 2.16 bits per heavy atom. The van der Waals surface area contributed by atoms with Crippen molar-refractivity contribution < 1.29 is 0 Å². The van der Waals surface area contributed by atoms with Crippen molar-refractivity contribution in [3.05, 3.63) is 57.8 Å². The van der Waals surface area contributed by atoms with Gasteiger partial charge < -0.3 is 4.98 Å². The van der Waals surface area contributed by atoms with Crippen molar-refractivity contribution in [3.63, 3.8) is 0 Å². The standard InChI is InChI=1S/C14H14N4O/c1-9-4-3-5-11(6-9)8-18-13-12(7-15-18)14(19)17-10(2)16-13/h3-7H,8H2,1-2H3,(H,16,17,19). The van der Waals surface area contributed by atoms with E-state index in [0.29, 0.717) is 23.4 Å². The summed E-state index contributed by atoms with van der Waals surface area (Å²) >= 11 is 0. The third-order valence-corrected chi connectivity index (χ3v) is 3.04. The van der Waals surface area contributed by atoms with Gasteiger partial charge in [0.1, 0.15) is 11.2 Å². The van der Waals surface area contributed by atoms with Crippen LogP contribution in [0.5, 0.6) is 0 Å². The van der Waals surface area contributed by atoms with Gasteiger partial charge in [0.25, 0.3) is 5.56 Å². The molecule has 0 aliphatic heterocycles. The molecule has 19 heavy (non-hydrogen) atoms. The predicted molar refractivity (Wildman–Crippen MR) is 73.2 cm³/mol. The third-order valence-electron chi connectivity index (χ3n) is 3.04. The Hall–Kier alpha value is -2.43. The number of nitrogens with zero attached hydrogens (tertiary/aromatic N) is 3. The van der Waals surface area contributed by atoms with Gasteiger partial charge in [-0.15, -0.1) is 0 Å². The Morgan fingerprint density at radius 3 is 2.95 bits per heavy atom. The van der Waals surface area contributed by atoms with Crippen molar-refractivity contribution in [1.29, 1.82) is 0 Å². The van der Waals surface area contributed by atoms with Crippen LogP contribution >= 0.6 is 0 Å². The molecule has 1 N–H and O–H groups in total. The molecule has 0 atom stereocenters. The average molecular weight is 254 g/mol. The summed E-state index contributed by atoms with van der Waals surface area (Å²) in [6, 6.07) is 8.22. The number of aromatic nitrogens is 4. The summed E-state index contributed by atoms with van der Waals surface area (Å²) < 4.78 is 1.76. The van der Waals surface area contributed by atoms with E-state index in [1.807, 2.05) is 12.1 Å². The fraction of sp³-hybridized carbons (Fsp3) is 0.214. The molecule has 3 rings (SSSR count). The van der Waals surface area contributed by atoms with E-state index < -0.39 is 0 Å². The lowest BCUT2D eigenvalue weighted by molar-refractivity contribution is 0.702. The minimum atomic E-state index is -0.141. The fourth-order valence-corrected chi connectivity index (χ4v) is 2.17. The first-order valence-electron chi connectivity index (χ1n) is 6.11. The van der Waals surface area contributed by atoms with Crippen LogP contribution in [0.2, 0.25) is 0 Å². The summed E-state index contributed by atoms with van der Waals surface area (Å²) in [6.07, 6.45) is 1.57. The first-order valence-corrected chi connectivity index (χ1v) is 6.11. The number of aromatic amines is 1. The van der Waals surface area contributed by atoms with Crippen LogP contribution in [-0.4, -0.2) is 19.7 Å². The molecule has 3 aromatic rings. The molecule has 0 saturated heterocycles. The number of nitrogens with one attached hydrogen (secondary N) is 1. The fourth-order valence-electron chi connectivity index (χ4n) is 2.17. The normalized spacial score (nSPS) is 11.1. The summed E-state index contributed by atoms with van der Waals surface area (Å²) in [4.78, 5) is 18.8. The van der Waals surface area contributed by atoms with E-state index in [0.717, 1.165) is 5.56 Å². The summed E-state index contributed by atoms with van der Waals surface area (Å²) in [5.41, 5.74) is 2.83. The number of aryl methyl sites for hydroxylation is 2. The zero-order chi connectivity index (χ0) is 13.4. The van der Waals surface area contributed by atoms with E-state index in [4.69, 9.17) is 0 Å². The molecular weight excluding hydrogens is 240 g/mol. The summed E-state index contributed by atoms with van der Waals surface area (Å²) in [7, 11) is 0. The molecule has 0 aliphatic rings. The van der Waals surface area contributed by atoms with Crippen LogP contribution < -0.4 is 5.56 Å². The minimum Gasteiger partial charge on any atom is -0.310 e. The van der Waals surface area contributed by atoms with Crippen molar-refractivity contribution in [2.24, 2.45) is 0 Å². The van der Waals surface area contributed by atoms with Gasteiger partial charge in [0.05, 0.1) is 12.7 Å². The topological polar surface area (TPSA) is 63.6 Å². The molecule has 0 aliphatic carbocycles.